The third kappa shape index (κ3) is 3.21. The third-order valence-electron chi connectivity index (χ3n) is 2.09. The molecule has 0 unspecified atom stereocenters. The van der Waals surface area contributed by atoms with Crippen LogP contribution in [-0.4, -0.2) is 30.1 Å². The van der Waals surface area contributed by atoms with Gasteiger partial charge < -0.3 is 10.6 Å². The highest BCUT2D eigenvalue weighted by Crippen LogP contribution is 2.19. The van der Waals surface area contributed by atoms with Crippen LogP contribution >= 0.6 is 39.0 Å². The number of halogens is 1. The smallest absolute Gasteiger partial charge is 0.261 e. The first-order valence-corrected chi connectivity index (χ1v) is 7.42. The zero-order valence-corrected chi connectivity index (χ0v) is 11.2. The Hall–Kier alpha value is -0.0400. The molecule has 1 aromatic heterocycles. The van der Waals surface area contributed by atoms with Gasteiger partial charge in [-0.25, -0.2) is 0 Å². The Kier molecular flexibility index (Phi) is 4.07. The molecule has 2 rings (SSSR count). The Morgan fingerprint density at radius 2 is 2.60 bits per heavy atom. The molecule has 1 aromatic rings. The Morgan fingerprint density at radius 1 is 1.73 bits per heavy atom. The first-order chi connectivity index (χ1) is 7.25. The van der Waals surface area contributed by atoms with Gasteiger partial charge in [0.25, 0.3) is 5.91 Å². The first kappa shape index (κ1) is 11.4. The largest absolute Gasteiger partial charge is 0.350 e. The lowest BCUT2D eigenvalue weighted by Gasteiger charge is -2.09. The van der Waals surface area contributed by atoms with Crippen molar-refractivity contribution in [3.05, 3.63) is 20.8 Å². The van der Waals surface area contributed by atoms with Gasteiger partial charge >= 0.3 is 0 Å². The quantitative estimate of drug-likeness (QED) is 0.896. The lowest BCUT2D eigenvalue weighted by atomic mass is 10.3. The zero-order chi connectivity index (χ0) is 10.7. The molecule has 1 atom stereocenters. The second-order valence-corrected chi connectivity index (χ2v) is 6.11. The molecule has 0 aromatic carbocycles. The molecule has 0 saturated carbocycles. The highest BCUT2D eigenvalue weighted by Gasteiger charge is 2.16. The van der Waals surface area contributed by atoms with Crippen LogP contribution < -0.4 is 10.6 Å². The number of hydrogen-bond acceptors (Lipinski definition) is 4. The van der Waals surface area contributed by atoms with Gasteiger partial charge in [-0.05, 0) is 22.0 Å². The van der Waals surface area contributed by atoms with Crippen molar-refractivity contribution in [1.82, 2.24) is 10.6 Å². The molecule has 0 spiro atoms. The average molecular weight is 307 g/mol. The molecule has 3 nitrogen and oxygen atoms in total. The van der Waals surface area contributed by atoms with Crippen LogP contribution in [0.1, 0.15) is 9.67 Å². The SMILES string of the molecule is O=C(NC[C@@H]1CSCN1)c1cc(Br)cs1. The summed E-state index contributed by atoms with van der Waals surface area (Å²) in [6.07, 6.45) is 0. The molecule has 1 fully saturated rings. The Labute approximate surface area is 105 Å². The summed E-state index contributed by atoms with van der Waals surface area (Å²) in [6, 6.07) is 2.26. The molecule has 1 aliphatic heterocycles. The predicted molar refractivity (Wildman–Crippen MR) is 68.6 cm³/mol. The van der Waals surface area contributed by atoms with E-state index in [0.29, 0.717) is 12.6 Å². The zero-order valence-electron chi connectivity index (χ0n) is 7.96. The maximum Gasteiger partial charge on any atom is 0.261 e. The minimum atomic E-state index is 0.0180. The van der Waals surface area contributed by atoms with Crippen molar-refractivity contribution < 1.29 is 4.79 Å². The fourth-order valence-corrected chi connectivity index (χ4v) is 3.64. The van der Waals surface area contributed by atoms with Crippen LogP contribution in [0.15, 0.2) is 15.9 Å². The highest BCUT2D eigenvalue weighted by molar-refractivity contribution is 9.10. The minimum absolute atomic E-state index is 0.0180. The maximum atomic E-state index is 11.7. The second kappa shape index (κ2) is 5.34. The van der Waals surface area contributed by atoms with E-state index < -0.39 is 0 Å². The van der Waals surface area contributed by atoms with Crippen LogP contribution in [0.4, 0.5) is 0 Å². The lowest BCUT2D eigenvalue weighted by Crippen LogP contribution is -2.38. The Bertz CT molecular complexity index is 350. The van der Waals surface area contributed by atoms with Crippen LogP contribution in [0.25, 0.3) is 0 Å². The molecule has 1 amide bonds. The summed E-state index contributed by atoms with van der Waals surface area (Å²) in [7, 11) is 0. The van der Waals surface area contributed by atoms with Gasteiger partial charge in [-0.2, -0.15) is 0 Å². The fraction of sp³-hybridized carbons (Fsp3) is 0.444. The van der Waals surface area contributed by atoms with Crippen molar-refractivity contribution in [3.63, 3.8) is 0 Å². The van der Waals surface area contributed by atoms with Gasteiger partial charge in [0.05, 0.1) is 4.88 Å². The summed E-state index contributed by atoms with van der Waals surface area (Å²) >= 11 is 6.65. The summed E-state index contributed by atoms with van der Waals surface area (Å²) in [6.45, 7) is 0.710. The molecule has 1 aliphatic rings. The van der Waals surface area contributed by atoms with Crippen molar-refractivity contribution >= 4 is 44.9 Å². The summed E-state index contributed by atoms with van der Waals surface area (Å²) in [5.41, 5.74) is 0. The number of carbonyl (C=O) groups is 1. The molecule has 0 bridgehead atoms. The monoisotopic (exact) mass is 306 g/mol. The van der Waals surface area contributed by atoms with Crippen molar-refractivity contribution in [1.29, 1.82) is 0 Å². The van der Waals surface area contributed by atoms with Crippen molar-refractivity contribution in [2.75, 3.05) is 18.2 Å². The van der Waals surface area contributed by atoms with Gasteiger partial charge in [-0.3, -0.25) is 4.79 Å². The number of hydrogen-bond donors (Lipinski definition) is 2. The third-order valence-corrected chi connectivity index (χ3v) is 4.79. The summed E-state index contributed by atoms with van der Waals surface area (Å²) in [5, 5.41) is 8.16. The van der Waals surface area contributed by atoms with Crippen molar-refractivity contribution in [2.45, 2.75) is 6.04 Å². The van der Waals surface area contributed by atoms with Crippen LogP contribution in [0.5, 0.6) is 0 Å². The maximum absolute atomic E-state index is 11.7. The molecule has 15 heavy (non-hydrogen) atoms. The molecule has 2 heterocycles. The number of carbonyl (C=O) groups excluding carboxylic acids is 1. The molecule has 2 N–H and O–H groups in total. The van der Waals surface area contributed by atoms with Crippen LogP contribution in [0, 0.1) is 0 Å². The fourth-order valence-electron chi connectivity index (χ4n) is 1.30. The van der Waals surface area contributed by atoms with E-state index in [9.17, 15) is 4.79 Å². The van der Waals surface area contributed by atoms with Gasteiger partial charge in [0.15, 0.2) is 0 Å². The highest BCUT2D eigenvalue weighted by atomic mass is 79.9. The summed E-state index contributed by atoms with van der Waals surface area (Å²) in [4.78, 5) is 12.4. The van der Waals surface area contributed by atoms with Gasteiger partial charge in [-0.1, -0.05) is 0 Å². The molecule has 6 heteroatoms. The number of rotatable bonds is 3. The van der Waals surface area contributed by atoms with Gasteiger partial charge in [0.2, 0.25) is 0 Å². The van der Waals surface area contributed by atoms with E-state index in [-0.39, 0.29) is 5.91 Å². The van der Waals surface area contributed by atoms with Crippen molar-refractivity contribution in [3.8, 4) is 0 Å². The van der Waals surface area contributed by atoms with E-state index in [1.54, 1.807) is 0 Å². The van der Waals surface area contributed by atoms with Gasteiger partial charge in [0, 0.05) is 34.1 Å². The molecular formula is C9H11BrN2OS2. The van der Waals surface area contributed by atoms with E-state index in [1.165, 1.54) is 11.3 Å². The normalized spacial score (nSPS) is 20.5. The Morgan fingerprint density at radius 3 is 3.20 bits per heavy atom. The standard InChI is InChI=1S/C9H11BrN2OS2/c10-6-1-8(15-3-6)9(13)11-2-7-4-14-5-12-7/h1,3,7,12H,2,4-5H2,(H,11,13)/t7-/m1/s1. The topological polar surface area (TPSA) is 41.1 Å². The average Bonchev–Trinajstić information content (AvgIpc) is 2.84. The molecule has 0 radical (unpaired) electrons. The van der Waals surface area contributed by atoms with Crippen LogP contribution in [0.2, 0.25) is 0 Å². The molecule has 0 aliphatic carbocycles. The van der Waals surface area contributed by atoms with E-state index in [0.717, 1.165) is 21.0 Å². The number of thiophene rings is 1. The number of thioether (sulfide) groups is 1. The second-order valence-electron chi connectivity index (χ2n) is 3.26. The van der Waals surface area contributed by atoms with Gasteiger partial charge in [0.1, 0.15) is 0 Å². The van der Waals surface area contributed by atoms with Gasteiger partial charge in [-0.15, -0.1) is 23.1 Å². The summed E-state index contributed by atoms with van der Waals surface area (Å²) in [5.74, 6) is 2.09. The number of amides is 1. The van der Waals surface area contributed by atoms with Crippen molar-refractivity contribution in [2.24, 2.45) is 0 Å². The molecular weight excluding hydrogens is 296 g/mol. The summed E-state index contributed by atoms with van der Waals surface area (Å²) < 4.78 is 0.965. The molecule has 82 valence electrons. The number of nitrogens with one attached hydrogen (secondary N) is 2. The van der Waals surface area contributed by atoms with E-state index in [2.05, 4.69) is 26.6 Å². The van der Waals surface area contributed by atoms with Crippen LogP contribution in [0.3, 0.4) is 0 Å². The van der Waals surface area contributed by atoms with Crippen LogP contribution in [-0.2, 0) is 0 Å². The Balaban J connectivity index is 1.81. The van der Waals surface area contributed by atoms with E-state index in [4.69, 9.17) is 0 Å². The molecule has 1 saturated heterocycles. The minimum Gasteiger partial charge on any atom is -0.350 e. The lowest BCUT2D eigenvalue weighted by molar-refractivity contribution is 0.0955. The van der Waals surface area contributed by atoms with E-state index >= 15 is 0 Å². The predicted octanol–water partition coefficient (Wildman–Crippen LogP) is 1.90. The van der Waals surface area contributed by atoms with E-state index in [1.807, 2.05) is 23.2 Å². The first-order valence-electron chi connectivity index (χ1n) is 4.59.